The second kappa shape index (κ2) is 7.82. The van der Waals surface area contributed by atoms with Gasteiger partial charge in [0.1, 0.15) is 0 Å². The lowest BCUT2D eigenvalue weighted by Gasteiger charge is -2.59. The molecule has 5 aliphatic rings. The molecule has 5 rings (SSSR count). The summed E-state index contributed by atoms with van der Waals surface area (Å²) >= 11 is 0. The van der Waals surface area contributed by atoms with Gasteiger partial charge in [0.25, 0.3) is 0 Å². The number of fused-ring (bicyclic) bond motifs is 5. The first-order chi connectivity index (χ1) is 15.0. The molecular formula is C29H48O3. The van der Waals surface area contributed by atoms with E-state index in [-0.39, 0.29) is 11.5 Å². The third-order valence-corrected chi connectivity index (χ3v) is 11.8. The number of rotatable bonds is 5. The van der Waals surface area contributed by atoms with E-state index in [2.05, 4.69) is 40.7 Å². The Labute approximate surface area is 196 Å². The molecule has 3 nitrogen and oxygen atoms in total. The van der Waals surface area contributed by atoms with E-state index in [0.717, 1.165) is 63.1 Å². The van der Waals surface area contributed by atoms with Crippen LogP contribution in [0.3, 0.4) is 0 Å². The number of hydrogen-bond acceptors (Lipinski definition) is 3. The molecule has 2 N–H and O–H groups in total. The van der Waals surface area contributed by atoms with Crippen molar-refractivity contribution in [3.05, 3.63) is 11.6 Å². The highest BCUT2D eigenvalue weighted by atomic mass is 16.5. The zero-order valence-electron chi connectivity index (χ0n) is 21.3. The van der Waals surface area contributed by atoms with Crippen molar-refractivity contribution in [1.29, 1.82) is 0 Å². The summed E-state index contributed by atoms with van der Waals surface area (Å²) in [7, 11) is 0. The first-order valence-electron chi connectivity index (χ1n) is 13.7. The Morgan fingerprint density at radius 1 is 1.06 bits per heavy atom. The van der Waals surface area contributed by atoms with Gasteiger partial charge in [-0.05, 0) is 105 Å². The minimum Gasteiger partial charge on any atom is -0.393 e. The highest BCUT2D eigenvalue weighted by Gasteiger charge is 2.60. The van der Waals surface area contributed by atoms with E-state index in [1.807, 2.05) is 0 Å². The van der Waals surface area contributed by atoms with Crippen LogP contribution in [-0.2, 0) is 4.74 Å². The van der Waals surface area contributed by atoms with Crippen LogP contribution < -0.4 is 0 Å². The van der Waals surface area contributed by atoms with Crippen molar-refractivity contribution in [3.63, 3.8) is 0 Å². The van der Waals surface area contributed by atoms with E-state index in [4.69, 9.17) is 4.74 Å². The highest BCUT2D eigenvalue weighted by molar-refractivity contribution is 5.27. The third-order valence-electron chi connectivity index (χ3n) is 11.8. The maximum absolute atomic E-state index is 11.2. The van der Waals surface area contributed by atoms with E-state index in [0.29, 0.717) is 22.7 Å². The molecule has 0 unspecified atom stereocenters. The van der Waals surface area contributed by atoms with Gasteiger partial charge in [0.05, 0.1) is 24.9 Å². The van der Waals surface area contributed by atoms with Crippen LogP contribution >= 0.6 is 0 Å². The second-order valence-electron chi connectivity index (χ2n) is 13.7. The molecule has 3 heteroatoms. The Morgan fingerprint density at radius 2 is 1.81 bits per heavy atom. The molecule has 9 atom stereocenters. The average Bonchev–Trinajstić information content (AvgIpc) is 3.09. The largest absolute Gasteiger partial charge is 0.393 e. The number of hydrogen-bond donors (Lipinski definition) is 2. The standard InChI is InChI=1S/C29H48O3/c1-6-29(31)14-13-27(4)20(15-29)7-8-21-23-10-9-22(28(23,5)12-11-24(21)27)19(2)25(30)16-26(3)17-32-18-26/h7,19,21-25,30-31H,6,8-18H2,1-5H3/t19-,21-,22+,23-,24-,25+,27-,28+,29-/m0/s1. The summed E-state index contributed by atoms with van der Waals surface area (Å²) in [6.45, 7) is 13.5. The molecule has 4 aliphatic carbocycles. The van der Waals surface area contributed by atoms with Gasteiger partial charge in [-0.25, -0.2) is 0 Å². The molecule has 0 bridgehead atoms. The van der Waals surface area contributed by atoms with Crippen molar-refractivity contribution < 1.29 is 14.9 Å². The van der Waals surface area contributed by atoms with Crippen molar-refractivity contribution in [3.8, 4) is 0 Å². The van der Waals surface area contributed by atoms with Crippen LogP contribution in [0.25, 0.3) is 0 Å². The lowest BCUT2D eigenvalue weighted by atomic mass is 9.46. The summed E-state index contributed by atoms with van der Waals surface area (Å²) in [5.74, 6) is 3.39. The molecule has 0 aromatic rings. The fourth-order valence-electron chi connectivity index (χ4n) is 9.45. The molecule has 4 fully saturated rings. The molecule has 0 radical (unpaired) electrons. The van der Waals surface area contributed by atoms with E-state index in [9.17, 15) is 10.2 Å². The van der Waals surface area contributed by atoms with Gasteiger partial charge < -0.3 is 14.9 Å². The van der Waals surface area contributed by atoms with Crippen molar-refractivity contribution in [2.75, 3.05) is 13.2 Å². The predicted octanol–water partition coefficient (Wildman–Crippen LogP) is 6.13. The van der Waals surface area contributed by atoms with Crippen LogP contribution in [-0.4, -0.2) is 35.1 Å². The maximum Gasteiger partial charge on any atom is 0.0682 e. The Balaban J connectivity index is 1.34. The molecule has 1 aliphatic heterocycles. The fraction of sp³-hybridized carbons (Fsp3) is 0.931. The molecule has 0 amide bonds. The van der Waals surface area contributed by atoms with Gasteiger partial charge in [0.2, 0.25) is 0 Å². The molecule has 182 valence electrons. The topological polar surface area (TPSA) is 49.7 Å². The Bertz CT molecular complexity index is 756. The summed E-state index contributed by atoms with van der Waals surface area (Å²) in [5.41, 5.74) is 1.97. The first-order valence-corrected chi connectivity index (χ1v) is 13.7. The van der Waals surface area contributed by atoms with E-state index in [1.165, 1.54) is 32.1 Å². The van der Waals surface area contributed by atoms with Gasteiger partial charge in [0, 0.05) is 5.41 Å². The lowest BCUT2D eigenvalue weighted by molar-refractivity contribution is -0.133. The van der Waals surface area contributed by atoms with Crippen LogP contribution in [0, 0.1) is 45.8 Å². The normalized spacial score (nSPS) is 49.2. The van der Waals surface area contributed by atoms with Crippen molar-refractivity contribution >= 4 is 0 Å². The van der Waals surface area contributed by atoms with Gasteiger partial charge in [-0.15, -0.1) is 0 Å². The maximum atomic E-state index is 11.2. The highest BCUT2D eigenvalue weighted by Crippen LogP contribution is 2.68. The van der Waals surface area contributed by atoms with Gasteiger partial charge in [0.15, 0.2) is 0 Å². The van der Waals surface area contributed by atoms with E-state index < -0.39 is 5.60 Å². The number of allylic oxidation sites excluding steroid dienone is 1. The van der Waals surface area contributed by atoms with Crippen LogP contribution in [0.4, 0.5) is 0 Å². The fourth-order valence-corrected chi connectivity index (χ4v) is 9.45. The molecule has 1 heterocycles. The third kappa shape index (κ3) is 3.47. The Kier molecular flexibility index (Phi) is 5.71. The van der Waals surface area contributed by atoms with E-state index in [1.54, 1.807) is 5.57 Å². The summed E-state index contributed by atoms with van der Waals surface area (Å²) < 4.78 is 5.45. The van der Waals surface area contributed by atoms with Crippen molar-refractivity contribution in [2.24, 2.45) is 45.8 Å². The lowest BCUT2D eigenvalue weighted by Crippen LogP contribution is -2.53. The molecule has 1 saturated heterocycles. The first kappa shape index (κ1) is 23.4. The predicted molar refractivity (Wildman–Crippen MR) is 129 cm³/mol. The second-order valence-corrected chi connectivity index (χ2v) is 13.7. The summed E-state index contributed by atoms with van der Waals surface area (Å²) in [6.07, 6.45) is 13.7. The Hall–Kier alpha value is -0.380. The SMILES string of the molecule is CC[C@]1(O)CC[C@@]2(C)C(=CC[C@H]3[C@@H]4CC[C@H]([C@H](C)[C@H](O)CC5(C)COC5)[C@@]4(C)CC[C@@H]32)C1. The molecule has 32 heavy (non-hydrogen) atoms. The van der Waals surface area contributed by atoms with E-state index >= 15 is 0 Å². The molecule has 0 aromatic carbocycles. The number of aliphatic hydroxyl groups excluding tert-OH is 1. The van der Waals surface area contributed by atoms with Crippen LogP contribution in [0.15, 0.2) is 11.6 Å². The van der Waals surface area contributed by atoms with Crippen LogP contribution in [0.5, 0.6) is 0 Å². The molecule has 0 aromatic heterocycles. The Morgan fingerprint density at radius 3 is 2.47 bits per heavy atom. The quantitative estimate of drug-likeness (QED) is 0.502. The minimum atomic E-state index is -0.465. The molecule has 3 saturated carbocycles. The smallest absolute Gasteiger partial charge is 0.0682 e. The zero-order chi connectivity index (χ0) is 22.9. The average molecular weight is 445 g/mol. The van der Waals surface area contributed by atoms with Gasteiger partial charge >= 0.3 is 0 Å². The summed E-state index contributed by atoms with van der Waals surface area (Å²) in [5, 5.41) is 22.2. The van der Waals surface area contributed by atoms with Crippen molar-refractivity contribution in [2.45, 2.75) is 111 Å². The van der Waals surface area contributed by atoms with Crippen molar-refractivity contribution in [1.82, 2.24) is 0 Å². The molecular weight excluding hydrogens is 396 g/mol. The zero-order valence-corrected chi connectivity index (χ0v) is 21.3. The number of aliphatic hydroxyl groups is 2. The van der Waals surface area contributed by atoms with Gasteiger partial charge in [-0.2, -0.15) is 0 Å². The van der Waals surface area contributed by atoms with Gasteiger partial charge in [-0.3, -0.25) is 0 Å². The monoisotopic (exact) mass is 444 g/mol. The van der Waals surface area contributed by atoms with Crippen LogP contribution in [0.2, 0.25) is 0 Å². The van der Waals surface area contributed by atoms with Gasteiger partial charge in [-0.1, -0.05) is 46.3 Å². The number of ether oxygens (including phenoxy) is 1. The minimum absolute atomic E-state index is 0.185. The van der Waals surface area contributed by atoms with Crippen LogP contribution in [0.1, 0.15) is 98.8 Å². The molecule has 0 spiro atoms. The summed E-state index contributed by atoms with van der Waals surface area (Å²) in [6, 6.07) is 0. The summed E-state index contributed by atoms with van der Waals surface area (Å²) in [4.78, 5) is 0.